The lowest BCUT2D eigenvalue weighted by atomic mass is 10.3. The van der Waals surface area contributed by atoms with Gasteiger partial charge >= 0.3 is 6.18 Å². The Bertz CT molecular complexity index is 691. The molecule has 2 rings (SSSR count). The molecular weight excluding hydrogens is 338 g/mol. The lowest BCUT2D eigenvalue weighted by Gasteiger charge is -2.12. The minimum absolute atomic E-state index is 0.234. The smallest absolute Gasteiger partial charge is 0.356 e. The maximum absolute atomic E-state index is 12.9. The van der Waals surface area contributed by atoms with Crippen molar-refractivity contribution in [2.24, 2.45) is 4.99 Å². The molecule has 2 aromatic rings. The number of halogens is 4. The number of nitrogens with zero attached hydrogens (tertiary/aromatic N) is 3. The third-order valence-corrected chi connectivity index (χ3v) is 3.33. The number of guanidine groups is 1. The molecule has 136 valence electrons. The molecule has 0 atom stereocenters. The monoisotopic (exact) mass is 357 g/mol. The van der Waals surface area contributed by atoms with Crippen LogP contribution in [0.2, 0.25) is 0 Å². The molecule has 1 aromatic carbocycles. The molecule has 0 saturated carbocycles. The molecular formula is C16H19F4N5. The SMILES string of the molecule is CN=C(NCCc1ccn(-c2ccc(F)cc2)n1)NCCC(F)(F)F. The molecule has 0 saturated heterocycles. The number of aliphatic imine (C=N–C) groups is 1. The van der Waals surface area contributed by atoms with Crippen LogP contribution in [0.3, 0.4) is 0 Å². The first kappa shape index (κ1) is 18.8. The summed E-state index contributed by atoms with van der Waals surface area (Å²) in [4.78, 5) is 3.87. The van der Waals surface area contributed by atoms with Gasteiger partial charge in [0.15, 0.2) is 5.96 Å². The predicted molar refractivity (Wildman–Crippen MR) is 87.3 cm³/mol. The van der Waals surface area contributed by atoms with Gasteiger partial charge in [0.2, 0.25) is 0 Å². The van der Waals surface area contributed by atoms with E-state index < -0.39 is 12.6 Å². The number of benzene rings is 1. The minimum Gasteiger partial charge on any atom is -0.356 e. The van der Waals surface area contributed by atoms with Crippen LogP contribution in [0.5, 0.6) is 0 Å². The van der Waals surface area contributed by atoms with Crippen LogP contribution in [-0.4, -0.2) is 42.1 Å². The summed E-state index contributed by atoms with van der Waals surface area (Å²) in [6, 6.07) is 7.78. The van der Waals surface area contributed by atoms with E-state index in [0.717, 1.165) is 11.4 Å². The Hall–Kier alpha value is -2.58. The summed E-state index contributed by atoms with van der Waals surface area (Å²) in [5.41, 5.74) is 1.54. The Kier molecular flexibility index (Phi) is 6.37. The second kappa shape index (κ2) is 8.50. The Morgan fingerprint density at radius 3 is 2.44 bits per heavy atom. The highest BCUT2D eigenvalue weighted by Gasteiger charge is 2.26. The number of aromatic nitrogens is 2. The van der Waals surface area contributed by atoms with E-state index in [0.29, 0.717) is 18.9 Å². The Balaban J connectivity index is 1.78. The molecule has 1 heterocycles. The molecule has 0 aliphatic rings. The van der Waals surface area contributed by atoms with Crippen LogP contribution in [0.25, 0.3) is 5.69 Å². The van der Waals surface area contributed by atoms with Crippen LogP contribution in [0, 0.1) is 5.82 Å². The highest BCUT2D eigenvalue weighted by Crippen LogP contribution is 2.18. The van der Waals surface area contributed by atoms with Crippen molar-refractivity contribution >= 4 is 5.96 Å². The lowest BCUT2D eigenvalue weighted by molar-refractivity contribution is -0.132. The van der Waals surface area contributed by atoms with Crippen molar-refractivity contribution in [3.63, 3.8) is 0 Å². The van der Waals surface area contributed by atoms with E-state index in [1.165, 1.54) is 19.2 Å². The fourth-order valence-corrected chi connectivity index (χ4v) is 2.08. The van der Waals surface area contributed by atoms with Gasteiger partial charge in [-0.3, -0.25) is 4.99 Å². The molecule has 1 aromatic heterocycles. The minimum atomic E-state index is -4.20. The van der Waals surface area contributed by atoms with E-state index >= 15 is 0 Å². The van der Waals surface area contributed by atoms with Crippen LogP contribution in [-0.2, 0) is 6.42 Å². The van der Waals surface area contributed by atoms with E-state index in [-0.39, 0.29) is 12.4 Å². The van der Waals surface area contributed by atoms with Crippen LogP contribution in [0.1, 0.15) is 12.1 Å². The first-order valence-corrected chi connectivity index (χ1v) is 7.69. The molecule has 0 bridgehead atoms. The zero-order valence-electron chi connectivity index (χ0n) is 13.6. The summed E-state index contributed by atoms with van der Waals surface area (Å²) in [5, 5.41) is 9.91. The van der Waals surface area contributed by atoms with Gasteiger partial charge in [0, 0.05) is 32.8 Å². The zero-order chi connectivity index (χ0) is 18.3. The largest absolute Gasteiger partial charge is 0.390 e. The van der Waals surface area contributed by atoms with E-state index in [9.17, 15) is 17.6 Å². The van der Waals surface area contributed by atoms with Crippen molar-refractivity contribution in [2.75, 3.05) is 20.1 Å². The third-order valence-electron chi connectivity index (χ3n) is 3.33. The van der Waals surface area contributed by atoms with Crippen molar-refractivity contribution in [1.82, 2.24) is 20.4 Å². The maximum atomic E-state index is 12.9. The van der Waals surface area contributed by atoms with Crippen molar-refractivity contribution in [1.29, 1.82) is 0 Å². The molecule has 5 nitrogen and oxygen atoms in total. The number of alkyl halides is 3. The Morgan fingerprint density at radius 1 is 1.12 bits per heavy atom. The molecule has 0 aliphatic carbocycles. The molecule has 0 fully saturated rings. The number of rotatable bonds is 6. The van der Waals surface area contributed by atoms with Gasteiger partial charge in [-0.2, -0.15) is 18.3 Å². The van der Waals surface area contributed by atoms with E-state index in [1.807, 2.05) is 6.07 Å². The standard InChI is InChI=1S/C16H19F4N5/c1-21-15(23-10-8-16(18,19)20)22-9-6-13-7-11-25(24-13)14-4-2-12(17)3-5-14/h2-5,7,11H,6,8-10H2,1H3,(H2,21,22,23). The second-order valence-corrected chi connectivity index (χ2v) is 5.27. The van der Waals surface area contributed by atoms with E-state index in [4.69, 9.17) is 0 Å². The average molecular weight is 357 g/mol. The Morgan fingerprint density at radius 2 is 1.80 bits per heavy atom. The van der Waals surface area contributed by atoms with Crippen molar-refractivity contribution in [3.05, 3.63) is 48.0 Å². The fraction of sp³-hybridized carbons (Fsp3) is 0.375. The van der Waals surface area contributed by atoms with Gasteiger partial charge in [0.1, 0.15) is 5.82 Å². The topological polar surface area (TPSA) is 54.2 Å². The molecule has 2 N–H and O–H groups in total. The fourth-order valence-electron chi connectivity index (χ4n) is 2.08. The van der Waals surface area contributed by atoms with Gasteiger partial charge in [-0.15, -0.1) is 0 Å². The van der Waals surface area contributed by atoms with Crippen LogP contribution >= 0.6 is 0 Å². The van der Waals surface area contributed by atoms with Crippen molar-refractivity contribution in [2.45, 2.75) is 19.0 Å². The molecule has 0 radical (unpaired) electrons. The summed E-state index contributed by atoms with van der Waals surface area (Å²) in [6.45, 7) is 0.231. The second-order valence-electron chi connectivity index (χ2n) is 5.27. The maximum Gasteiger partial charge on any atom is 0.390 e. The number of nitrogens with one attached hydrogen (secondary N) is 2. The summed E-state index contributed by atoms with van der Waals surface area (Å²) < 4.78 is 50.9. The van der Waals surface area contributed by atoms with Gasteiger partial charge < -0.3 is 10.6 Å². The lowest BCUT2D eigenvalue weighted by Crippen LogP contribution is -2.39. The van der Waals surface area contributed by atoms with E-state index in [1.54, 1.807) is 23.0 Å². The average Bonchev–Trinajstić information content (AvgIpc) is 3.02. The predicted octanol–water partition coefficient (Wildman–Crippen LogP) is 2.67. The van der Waals surface area contributed by atoms with Gasteiger partial charge in [0.05, 0.1) is 17.8 Å². The quantitative estimate of drug-likeness (QED) is 0.475. The number of hydrogen-bond acceptors (Lipinski definition) is 2. The Labute approximate surface area is 142 Å². The highest BCUT2D eigenvalue weighted by molar-refractivity contribution is 5.79. The van der Waals surface area contributed by atoms with Crippen molar-refractivity contribution in [3.8, 4) is 5.69 Å². The summed E-state index contributed by atoms with van der Waals surface area (Å²) in [6.07, 6.45) is -2.79. The van der Waals surface area contributed by atoms with Crippen LogP contribution in [0.4, 0.5) is 17.6 Å². The molecule has 0 aliphatic heterocycles. The van der Waals surface area contributed by atoms with Gasteiger partial charge in [-0.25, -0.2) is 9.07 Å². The molecule has 0 amide bonds. The highest BCUT2D eigenvalue weighted by atomic mass is 19.4. The summed E-state index contributed by atoms with van der Waals surface area (Å²) in [5.74, 6) is -0.00745. The number of hydrogen-bond donors (Lipinski definition) is 2. The zero-order valence-corrected chi connectivity index (χ0v) is 13.6. The first-order valence-electron chi connectivity index (χ1n) is 7.69. The van der Waals surface area contributed by atoms with E-state index in [2.05, 4.69) is 20.7 Å². The first-order chi connectivity index (χ1) is 11.9. The molecule has 0 spiro atoms. The third kappa shape index (κ3) is 6.44. The molecule has 25 heavy (non-hydrogen) atoms. The summed E-state index contributed by atoms with van der Waals surface area (Å²) >= 11 is 0. The van der Waals surface area contributed by atoms with Gasteiger partial charge in [-0.05, 0) is 30.3 Å². The summed E-state index contributed by atoms with van der Waals surface area (Å²) in [7, 11) is 1.49. The molecule has 9 heteroatoms. The normalized spacial score (nSPS) is 12.3. The van der Waals surface area contributed by atoms with Crippen molar-refractivity contribution < 1.29 is 17.6 Å². The van der Waals surface area contributed by atoms with Gasteiger partial charge in [0.25, 0.3) is 0 Å². The molecule has 0 unspecified atom stereocenters. The van der Waals surface area contributed by atoms with Crippen LogP contribution in [0.15, 0.2) is 41.5 Å². The van der Waals surface area contributed by atoms with Crippen LogP contribution < -0.4 is 10.6 Å². The van der Waals surface area contributed by atoms with Gasteiger partial charge in [-0.1, -0.05) is 0 Å².